The van der Waals surface area contributed by atoms with Crippen molar-refractivity contribution in [3.8, 4) is 0 Å². The highest BCUT2D eigenvalue weighted by Crippen LogP contribution is 2.15. The Kier molecular flexibility index (Phi) is 5.30. The van der Waals surface area contributed by atoms with E-state index in [2.05, 4.69) is 10.4 Å². The summed E-state index contributed by atoms with van der Waals surface area (Å²) in [5.74, 6) is -1.12. The maximum absolute atomic E-state index is 13.0. The number of hydrogen-bond donors (Lipinski definition) is 1. The van der Waals surface area contributed by atoms with Crippen LogP contribution in [0.1, 0.15) is 18.2 Å². The maximum Gasteiger partial charge on any atom is 0.126 e. The molecule has 6 heteroatoms. The largest absolute Gasteiger partial charge is 0.378 e. The van der Waals surface area contributed by atoms with Crippen LogP contribution < -0.4 is 5.32 Å². The normalized spacial score (nSPS) is 10.1. The third-order valence-electron chi connectivity index (χ3n) is 2.81. The summed E-state index contributed by atoms with van der Waals surface area (Å²) in [6.45, 7) is 5.11. The molecule has 0 aliphatic heterocycles. The predicted octanol–water partition coefficient (Wildman–Crippen LogP) is 3.52. The third kappa shape index (κ3) is 3.67. The molecular weight excluding hydrogens is 272 g/mol. The van der Waals surface area contributed by atoms with E-state index in [0.29, 0.717) is 12.1 Å². The number of aromatic nitrogens is 2. The molecule has 2 aromatic rings. The molecule has 104 valence electrons. The molecule has 3 nitrogen and oxygen atoms in total. The Hall–Kier alpha value is -1.62. The highest BCUT2D eigenvalue weighted by molar-refractivity contribution is 5.85. The summed E-state index contributed by atoms with van der Waals surface area (Å²) in [6.07, 6.45) is 1.72. The van der Waals surface area contributed by atoms with Crippen LogP contribution in [0, 0.1) is 18.6 Å². The van der Waals surface area contributed by atoms with Crippen LogP contribution in [-0.2, 0) is 13.1 Å². The van der Waals surface area contributed by atoms with Gasteiger partial charge in [-0.1, -0.05) is 0 Å². The summed E-state index contributed by atoms with van der Waals surface area (Å²) >= 11 is 0. The number of halogens is 3. The molecule has 0 saturated heterocycles. The minimum atomic E-state index is -0.562. The van der Waals surface area contributed by atoms with E-state index in [1.54, 1.807) is 6.20 Å². The van der Waals surface area contributed by atoms with Crippen LogP contribution >= 0.6 is 12.4 Å². The van der Waals surface area contributed by atoms with Crippen molar-refractivity contribution in [2.75, 3.05) is 5.32 Å². The van der Waals surface area contributed by atoms with Gasteiger partial charge in [-0.05, 0) is 31.5 Å². The van der Waals surface area contributed by atoms with Crippen LogP contribution in [0.3, 0.4) is 0 Å². The second-order valence-corrected chi connectivity index (χ2v) is 4.09. The summed E-state index contributed by atoms with van der Waals surface area (Å²) < 4.78 is 27.9. The van der Waals surface area contributed by atoms with Crippen molar-refractivity contribution in [3.05, 3.63) is 47.3 Å². The Morgan fingerprint density at radius 2 is 1.84 bits per heavy atom. The maximum atomic E-state index is 13.0. The smallest absolute Gasteiger partial charge is 0.126 e. The van der Waals surface area contributed by atoms with Gasteiger partial charge in [-0.3, -0.25) is 4.68 Å². The molecule has 0 atom stereocenters. The van der Waals surface area contributed by atoms with Crippen molar-refractivity contribution in [2.24, 2.45) is 0 Å². The summed E-state index contributed by atoms with van der Waals surface area (Å²) in [7, 11) is 0. The molecule has 0 unspecified atom stereocenters. The standard InChI is InChI=1S/C13H15F2N3.ClH/c1-3-18-9(2)13(8-17-18)16-7-10-4-11(14)6-12(15)5-10;/h4-6,8,16H,3,7H2,1-2H3;1H. The fourth-order valence-electron chi connectivity index (χ4n) is 1.85. The number of aryl methyl sites for hydroxylation is 1. The molecule has 0 bridgehead atoms. The summed E-state index contributed by atoms with van der Waals surface area (Å²) in [6, 6.07) is 3.50. The SMILES string of the molecule is CCn1ncc(NCc2cc(F)cc(F)c2)c1C.Cl. The van der Waals surface area contributed by atoms with E-state index in [4.69, 9.17) is 0 Å². The van der Waals surface area contributed by atoms with Gasteiger partial charge in [-0.2, -0.15) is 5.10 Å². The molecule has 1 aromatic carbocycles. The average Bonchev–Trinajstić information content (AvgIpc) is 2.66. The van der Waals surface area contributed by atoms with Gasteiger partial charge in [-0.15, -0.1) is 12.4 Å². The molecule has 1 aromatic heterocycles. The molecule has 2 rings (SSSR count). The molecule has 0 amide bonds. The van der Waals surface area contributed by atoms with Gasteiger partial charge in [0.15, 0.2) is 0 Å². The van der Waals surface area contributed by atoms with Crippen molar-refractivity contribution in [3.63, 3.8) is 0 Å². The van der Waals surface area contributed by atoms with Crippen molar-refractivity contribution in [2.45, 2.75) is 26.9 Å². The molecule has 0 fully saturated rings. The van der Waals surface area contributed by atoms with E-state index in [0.717, 1.165) is 24.0 Å². The van der Waals surface area contributed by atoms with Gasteiger partial charge in [0.25, 0.3) is 0 Å². The van der Waals surface area contributed by atoms with Crippen LogP contribution in [0.4, 0.5) is 14.5 Å². The third-order valence-corrected chi connectivity index (χ3v) is 2.81. The fraction of sp³-hybridized carbons (Fsp3) is 0.308. The van der Waals surface area contributed by atoms with Crippen LogP contribution in [0.5, 0.6) is 0 Å². The Labute approximate surface area is 117 Å². The second kappa shape index (κ2) is 6.52. The molecule has 0 saturated carbocycles. The van der Waals surface area contributed by atoms with E-state index in [1.165, 1.54) is 12.1 Å². The lowest BCUT2D eigenvalue weighted by Gasteiger charge is -2.07. The first-order valence-electron chi connectivity index (χ1n) is 5.81. The number of anilines is 1. The molecule has 1 N–H and O–H groups in total. The monoisotopic (exact) mass is 287 g/mol. The lowest BCUT2D eigenvalue weighted by atomic mass is 10.2. The van der Waals surface area contributed by atoms with Gasteiger partial charge in [0.2, 0.25) is 0 Å². The van der Waals surface area contributed by atoms with Gasteiger partial charge in [0.05, 0.1) is 17.6 Å². The Morgan fingerprint density at radius 3 is 2.37 bits per heavy atom. The number of hydrogen-bond acceptors (Lipinski definition) is 2. The van der Waals surface area contributed by atoms with E-state index >= 15 is 0 Å². The van der Waals surface area contributed by atoms with E-state index < -0.39 is 11.6 Å². The average molecular weight is 288 g/mol. The van der Waals surface area contributed by atoms with Crippen molar-refractivity contribution in [1.29, 1.82) is 0 Å². The zero-order valence-electron chi connectivity index (χ0n) is 10.8. The minimum absolute atomic E-state index is 0. The number of rotatable bonds is 4. The summed E-state index contributed by atoms with van der Waals surface area (Å²) in [4.78, 5) is 0. The molecule has 0 aliphatic rings. The van der Waals surface area contributed by atoms with E-state index in [1.807, 2.05) is 18.5 Å². The summed E-state index contributed by atoms with van der Waals surface area (Å²) in [5.41, 5.74) is 2.45. The topological polar surface area (TPSA) is 29.9 Å². The van der Waals surface area contributed by atoms with Crippen molar-refractivity contribution in [1.82, 2.24) is 9.78 Å². The van der Waals surface area contributed by atoms with Gasteiger partial charge >= 0.3 is 0 Å². The number of benzene rings is 1. The first kappa shape index (κ1) is 15.4. The first-order valence-corrected chi connectivity index (χ1v) is 5.81. The second-order valence-electron chi connectivity index (χ2n) is 4.09. The van der Waals surface area contributed by atoms with Crippen molar-refractivity contribution < 1.29 is 8.78 Å². The van der Waals surface area contributed by atoms with Gasteiger partial charge in [-0.25, -0.2) is 8.78 Å². The minimum Gasteiger partial charge on any atom is -0.378 e. The molecule has 0 aliphatic carbocycles. The van der Waals surface area contributed by atoms with Crippen LogP contribution in [0.2, 0.25) is 0 Å². The van der Waals surface area contributed by atoms with Crippen LogP contribution in [0.15, 0.2) is 24.4 Å². The lowest BCUT2D eigenvalue weighted by Crippen LogP contribution is -2.03. The highest BCUT2D eigenvalue weighted by atomic mass is 35.5. The first-order chi connectivity index (χ1) is 8.60. The molecule has 0 radical (unpaired) electrons. The van der Waals surface area contributed by atoms with Crippen LogP contribution in [-0.4, -0.2) is 9.78 Å². The Balaban J connectivity index is 0.00000180. The predicted molar refractivity (Wildman–Crippen MR) is 73.6 cm³/mol. The lowest BCUT2D eigenvalue weighted by molar-refractivity contribution is 0.580. The van der Waals surface area contributed by atoms with Crippen LogP contribution in [0.25, 0.3) is 0 Å². The molecule has 0 spiro atoms. The fourth-order valence-corrected chi connectivity index (χ4v) is 1.85. The zero-order valence-corrected chi connectivity index (χ0v) is 11.6. The van der Waals surface area contributed by atoms with Gasteiger partial charge in [0, 0.05) is 19.2 Å². The summed E-state index contributed by atoms with van der Waals surface area (Å²) in [5, 5.41) is 7.31. The Morgan fingerprint density at radius 1 is 1.21 bits per heavy atom. The highest BCUT2D eigenvalue weighted by Gasteiger charge is 2.05. The van der Waals surface area contributed by atoms with E-state index in [-0.39, 0.29) is 12.4 Å². The Bertz CT molecular complexity index is 535. The zero-order chi connectivity index (χ0) is 13.1. The molecule has 19 heavy (non-hydrogen) atoms. The van der Waals surface area contributed by atoms with Gasteiger partial charge in [0.1, 0.15) is 11.6 Å². The molecule has 1 heterocycles. The van der Waals surface area contributed by atoms with Crippen molar-refractivity contribution >= 4 is 18.1 Å². The van der Waals surface area contributed by atoms with E-state index in [9.17, 15) is 8.78 Å². The quantitative estimate of drug-likeness (QED) is 0.932. The number of nitrogens with one attached hydrogen (secondary N) is 1. The number of nitrogens with zero attached hydrogens (tertiary/aromatic N) is 2. The molecular formula is C13H16ClF2N3. The van der Waals surface area contributed by atoms with Gasteiger partial charge < -0.3 is 5.32 Å².